The first-order valence-electron chi connectivity index (χ1n) is 8.56. The van der Waals surface area contributed by atoms with Crippen molar-refractivity contribution in [2.75, 3.05) is 0 Å². The highest BCUT2D eigenvalue weighted by Gasteiger charge is 2.43. The lowest BCUT2D eigenvalue weighted by Crippen LogP contribution is -2.67. The van der Waals surface area contributed by atoms with E-state index in [4.69, 9.17) is 0 Å². The summed E-state index contributed by atoms with van der Waals surface area (Å²) >= 11 is 0. The lowest BCUT2D eigenvalue weighted by Gasteiger charge is -2.34. The van der Waals surface area contributed by atoms with E-state index in [1.165, 1.54) is 18.9 Å². The van der Waals surface area contributed by atoms with Crippen molar-refractivity contribution in [3.63, 3.8) is 0 Å². The summed E-state index contributed by atoms with van der Waals surface area (Å²) in [5.74, 6) is 0.905. The van der Waals surface area contributed by atoms with Gasteiger partial charge in [0.15, 0.2) is 0 Å². The molecule has 0 heterocycles. The largest absolute Gasteiger partial charge is 0.148 e. The van der Waals surface area contributed by atoms with Crippen LogP contribution in [0.4, 0.5) is 0 Å². The molecule has 0 amide bonds. The molecule has 0 saturated heterocycles. The highest BCUT2D eigenvalue weighted by Crippen LogP contribution is 2.37. The number of hydrogen-bond donors (Lipinski definition) is 0. The summed E-state index contributed by atoms with van der Waals surface area (Å²) in [5.41, 5.74) is 0. The Kier molecular flexibility index (Phi) is 3.88. The summed E-state index contributed by atoms with van der Waals surface area (Å²) in [6.45, 7) is 0. The van der Waals surface area contributed by atoms with Crippen molar-refractivity contribution >= 4 is 23.6 Å². The van der Waals surface area contributed by atoms with E-state index in [0.29, 0.717) is 0 Å². The predicted octanol–water partition coefficient (Wildman–Crippen LogP) is 3.57. The van der Waals surface area contributed by atoms with Crippen LogP contribution < -0.4 is 15.6 Å². The second kappa shape index (κ2) is 6.17. The molecule has 0 N–H and O–H groups in total. The maximum absolute atomic E-state index is 2.36. The molecule has 0 unspecified atom stereocenters. The van der Waals surface area contributed by atoms with Crippen molar-refractivity contribution in [1.82, 2.24) is 0 Å². The van der Waals surface area contributed by atoms with Crippen molar-refractivity contribution in [1.29, 1.82) is 0 Å². The highest BCUT2D eigenvalue weighted by molar-refractivity contribution is 7.11. The summed E-state index contributed by atoms with van der Waals surface area (Å²) in [6, 6.07) is 35.1. The summed E-state index contributed by atoms with van der Waals surface area (Å²) in [7, 11) is -1.92. The number of hydrogen-bond acceptors (Lipinski definition) is 0. The summed E-state index contributed by atoms with van der Waals surface area (Å²) < 4.78 is 0. The van der Waals surface area contributed by atoms with Gasteiger partial charge in [-0.25, -0.2) is 0 Å². The Balaban J connectivity index is 1.97. The lowest BCUT2D eigenvalue weighted by atomic mass is 10.3. The topological polar surface area (TPSA) is 0 Å². The first-order chi connectivity index (χ1) is 11.4. The fourth-order valence-corrected chi connectivity index (χ4v) is 9.04. The van der Waals surface area contributed by atoms with Crippen molar-refractivity contribution in [3.8, 4) is 0 Å². The predicted molar refractivity (Wildman–Crippen MR) is 102 cm³/mol. The number of benzene rings is 3. The van der Waals surface area contributed by atoms with Gasteiger partial charge in [0.25, 0.3) is 0 Å². The SMILES string of the molecule is c1ccc([Si](CC2CC2)(c2ccccc2)c2ccccc2)cc1. The maximum atomic E-state index is 2.36. The minimum Gasteiger partial charge on any atom is -0.0624 e. The van der Waals surface area contributed by atoms with E-state index in [1.807, 2.05) is 0 Å². The molecule has 23 heavy (non-hydrogen) atoms. The first-order valence-corrected chi connectivity index (χ1v) is 10.8. The van der Waals surface area contributed by atoms with Crippen LogP contribution in [0.5, 0.6) is 0 Å². The number of rotatable bonds is 5. The van der Waals surface area contributed by atoms with Crippen LogP contribution in [0.2, 0.25) is 6.04 Å². The van der Waals surface area contributed by atoms with Crippen LogP contribution in [-0.4, -0.2) is 8.07 Å². The van der Waals surface area contributed by atoms with Gasteiger partial charge in [-0.15, -0.1) is 0 Å². The Morgan fingerprint density at radius 3 is 1.22 bits per heavy atom. The van der Waals surface area contributed by atoms with Gasteiger partial charge in [0.2, 0.25) is 0 Å². The third-order valence-electron chi connectivity index (χ3n) is 5.09. The molecule has 1 fully saturated rings. The van der Waals surface area contributed by atoms with Gasteiger partial charge in [-0.05, 0) is 27.5 Å². The first kappa shape index (κ1) is 14.5. The summed E-state index contributed by atoms with van der Waals surface area (Å²) in [6.07, 6.45) is 2.81. The Labute approximate surface area is 139 Å². The average Bonchev–Trinajstić information content (AvgIpc) is 3.46. The van der Waals surface area contributed by atoms with E-state index in [9.17, 15) is 0 Å². The second-order valence-corrected chi connectivity index (χ2v) is 10.6. The Hall–Kier alpha value is -2.12. The zero-order chi connectivity index (χ0) is 15.5. The fourth-order valence-electron chi connectivity index (χ4n) is 3.78. The van der Waals surface area contributed by atoms with E-state index in [0.717, 1.165) is 5.92 Å². The van der Waals surface area contributed by atoms with Crippen molar-refractivity contribution in [2.24, 2.45) is 5.92 Å². The molecule has 1 aliphatic carbocycles. The molecule has 0 spiro atoms. The minimum atomic E-state index is -1.92. The Morgan fingerprint density at radius 2 is 0.913 bits per heavy atom. The molecule has 1 aliphatic rings. The Bertz CT molecular complexity index is 649. The van der Waals surface area contributed by atoms with Gasteiger partial charge in [0, 0.05) is 0 Å². The van der Waals surface area contributed by atoms with Gasteiger partial charge in [0.05, 0.1) is 0 Å². The molecule has 0 bridgehead atoms. The summed E-state index contributed by atoms with van der Waals surface area (Å²) in [5, 5.41) is 4.64. The van der Waals surface area contributed by atoms with Crippen LogP contribution in [0, 0.1) is 5.92 Å². The van der Waals surface area contributed by atoms with E-state index >= 15 is 0 Å². The standard InChI is InChI=1S/C22H22Si/c1-4-10-20(11-5-1)23(18-19-16-17-19,21-12-6-2-7-13-21)22-14-8-3-9-15-22/h1-15,19H,16-18H2. The molecule has 0 nitrogen and oxygen atoms in total. The highest BCUT2D eigenvalue weighted by atomic mass is 28.3. The van der Waals surface area contributed by atoms with Gasteiger partial charge < -0.3 is 0 Å². The lowest BCUT2D eigenvalue weighted by molar-refractivity contribution is 0.959. The third kappa shape index (κ3) is 2.77. The van der Waals surface area contributed by atoms with Gasteiger partial charge in [-0.3, -0.25) is 0 Å². The minimum absolute atomic E-state index is 0.905. The molecular formula is C22H22Si. The monoisotopic (exact) mass is 314 g/mol. The molecule has 3 aromatic rings. The van der Waals surface area contributed by atoms with Crippen molar-refractivity contribution in [2.45, 2.75) is 18.9 Å². The van der Waals surface area contributed by atoms with Gasteiger partial charge >= 0.3 is 0 Å². The maximum Gasteiger partial charge on any atom is 0.148 e. The van der Waals surface area contributed by atoms with E-state index in [2.05, 4.69) is 91.0 Å². The Morgan fingerprint density at radius 1 is 0.565 bits per heavy atom. The van der Waals surface area contributed by atoms with Crippen LogP contribution in [0.15, 0.2) is 91.0 Å². The normalized spacial score (nSPS) is 14.6. The molecule has 1 heteroatoms. The quantitative estimate of drug-likeness (QED) is 0.499. The molecule has 3 aromatic carbocycles. The molecule has 0 aliphatic heterocycles. The van der Waals surface area contributed by atoms with E-state index in [1.54, 1.807) is 15.6 Å². The molecule has 114 valence electrons. The van der Waals surface area contributed by atoms with E-state index < -0.39 is 8.07 Å². The van der Waals surface area contributed by atoms with Crippen LogP contribution >= 0.6 is 0 Å². The smallest absolute Gasteiger partial charge is 0.0624 e. The van der Waals surface area contributed by atoms with Crippen molar-refractivity contribution in [3.05, 3.63) is 91.0 Å². The zero-order valence-corrected chi connectivity index (χ0v) is 14.4. The van der Waals surface area contributed by atoms with Gasteiger partial charge in [-0.2, -0.15) is 0 Å². The van der Waals surface area contributed by atoms with E-state index in [-0.39, 0.29) is 0 Å². The van der Waals surface area contributed by atoms with Gasteiger partial charge in [0.1, 0.15) is 8.07 Å². The fraction of sp³-hybridized carbons (Fsp3) is 0.182. The average molecular weight is 315 g/mol. The molecule has 0 radical (unpaired) electrons. The summed E-state index contributed by atoms with van der Waals surface area (Å²) in [4.78, 5) is 0. The third-order valence-corrected chi connectivity index (χ3v) is 10.2. The van der Waals surface area contributed by atoms with Crippen LogP contribution in [0.1, 0.15) is 12.8 Å². The van der Waals surface area contributed by atoms with Gasteiger partial charge in [-0.1, -0.05) is 104 Å². The molecule has 0 atom stereocenters. The van der Waals surface area contributed by atoms with Crippen molar-refractivity contribution < 1.29 is 0 Å². The molecule has 1 saturated carbocycles. The molecule has 4 rings (SSSR count). The van der Waals surface area contributed by atoms with Crippen LogP contribution in [0.3, 0.4) is 0 Å². The molecule has 0 aromatic heterocycles. The zero-order valence-electron chi connectivity index (χ0n) is 13.4. The molecular weight excluding hydrogens is 292 g/mol. The van der Waals surface area contributed by atoms with Crippen LogP contribution in [-0.2, 0) is 0 Å². The second-order valence-electron chi connectivity index (χ2n) is 6.65. The van der Waals surface area contributed by atoms with Crippen LogP contribution in [0.25, 0.3) is 0 Å².